The van der Waals surface area contributed by atoms with Crippen LogP contribution in [0.3, 0.4) is 0 Å². The molecule has 3 aromatic rings. The number of allylic oxidation sites excluding steroid dienone is 3. The van der Waals surface area contributed by atoms with Crippen molar-refractivity contribution >= 4 is 45.7 Å². The summed E-state index contributed by atoms with van der Waals surface area (Å²) in [5, 5.41) is 0. The molecular weight excluding hydrogens is 509 g/mol. The van der Waals surface area contributed by atoms with Crippen molar-refractivity contribution in [2.45, 2.75) is 0 Å². The largest absolute Gasteiger partial charge is 0.274 e. The maximum Gasteiger partial charge on any atom is 0.238 e. The number of imide groups is 1. The fraction of sp³-hybridized carbons (Fsp3) is 0.143. The maximum atomic E-state index is 13.6. The minimum Gasteiger partial charge on any atom is -0.274 e. The number of anilines is 1. The lowest BCUT2D eigenvalue weighted by Crippen LogP contribution is -2.33. The van der Waals surface area contributed by atoms with Crippen LogP contribution in [0.1, 0.15) is 11.1 Å². The van der Waals surface area contributed by atoms with E-state index in [1.807, 2.05) is 60.7 Å². The van der Waals surface area contributed by atoms with Crippen molar-refractivity contribution in [3.63, 3.8) is 0 Å². The first-order valence-corrected chi connectivity index (χ1v) is 11.9. The Labute approximate surface area is 200 Å². The van der Waals surface area contributed by atoms with Crippen molar-refractivity contribution in [3.05, 3.63) is 117 Å². The second-order valence-corrected chi connectivity index (χ2v) is 9.78. The predicted octanol–water partition coefficient (Wildman–Crippen LogP) is 5.71. The molecule has 2 bridgehead atoms. The van der Waals surface area contributed by atoms with Crippen LogP contribution in [-0.4, -0.2) is 11.8 Å². The highest BCUT2D eigenvalue weighted by Gasteiger charge is 2.62. The number of carbonyl (C=O) groups excluding carboxylic acids is 2. The number of hydrogen-bond donors (Lipinski definition) is 0. The number of halogens is 1. The fourth-order valence-electron chi connectivity index (χ4n) is 5.65. The van der Waals surface area contributed by atoms with Gasteiger partial charge in [0, 0.05) is 15.4 Å². The third-order valence-corrected chi connectivity index (χ3v) is 7.63. The van der Waals surface area contributed by atoms with Crippen LogP contribution in [0, 0.1) is 27.2 Å². The van der Waals surface area contributed by atoms with Gasteiger partial charge in [0.05, 0.1) is 17.5 Å². The second kappa shape index (κ2) is 7.55. The van der Waals surface area contributed by atoms with Crippen LogP contribution in [0.5, 0.6) is 0 Å². The van der Waals surface area contributed by atoms with E-state index in [0.717, 1.165) is 20.3 Å². The average molecular weight is 529 g/mol. The van der Waals surface area contributed by atoms with E-state index in [1.165, 1.54) is 10.5 Å². The topological polar surface area (TPSA) is 37.4 Å². The molecule has 3 aliphatic rings. The molecule has 0 spiro atoms. The molecule has 4 atom stereocenters. The third kappa shape index (κ3) is 2.85. The van der Waals surface area contributed by atoms with Crippen molar-refractivity contribution < 1.29 is 9.59 Å². The van der Waals surface area contributed by atoms with Crippen LogP contribution in [0.4, 0.5) is 5.69 Å². The van der Waals surface area contributed by atoms with Gasteiger partial charge in [-0.15, -0.1) is 0 Å². The zero-order chi connectivity index (χ0) is 21.8. The Morgan fingerprint density at radius 3 is 1.59 bits per heavy atom. The Morgan fingerprint density at radius 2 is 1.12 bits per heavy atom. The van der Waals surface area contributed by atoms with Crippen molar-refractivity contribution in [2.75, 3.05) is 4.90 Å². The Balaban J connectivity index is 1.48. The number of amides is 2. The van der Waals surface area contributed by atoms with E-state index in [-0.39, 0.29) is 35.5 Å². The molecule has 2 amide bonds. The number of rotatable bonds is 3. The molecule has 6 rings (SSSR count). The molecule has 1 heterocycles. The molecule has 0 radical (unpaired) electrons. The summed E-state index contributed by atoms with van der Waals surface area (Å²) in [6.07, 6.45) is 4.30. The molecule has 156 valence electrons. The first kappa shape index (κ1) is 19.7. The number of fused-ring (bicyclic) bond motifs is 5. The molecule has 1 saturated carbocycles. The van der Waals surface area contributed by atoms with E-state index < -0.39 is 0 Å². The van der Waals surface area contributed by atoms with Gasteiger partial charge < -0.3 is 0 Å². The minimum atomic E-state index is -0.325. The lowest BCUT2D eigenvalue weighted by atomic mass is 9.85. The molecule has 2 fully saturated rings. The molecular formula is C28H20INO2. The summed E-state index contributed by atoms with van der Waals surface area (Å²) in [5.41, 5.74) is 5.29. The fourth-order valence-corrected chi connectivity index (χ4v) is 6.01. The van der Waals surface area contributed by atoms with Crippen LogP contribution in [0.15, 0.2) is 103 Å². The lowest BCUT2D eigenvalue weighted by Gasteiger charge is -2.21. The average Bonchev–Trinajstić information content (AvgIpc) is 3.46. The molecule has 0 aromatic heterocycles. The van der Waals surface area contributed by atoms with Crippen LogP contribution in [-0.2, 0) is 9.59 Å². The van der Waals surface area contributed by atoms with E-state index >= 15 is 0 Å². The first-order valence-electron chi connectivity index (χ1n) is 10.8. The van der Waals surface area contributed by atoms with Gasteiger partial charge in [0.25, 0.3) is 0 Å². The maximum absolute atomic E-state index is 13.6. The second-order valence-electron chi connectivity index (χ2n) is 8.54. The van der Waals surface area contributed by atoms with E-state index in [0.29, 0.717) is 5.69 Å². The molecule has 1 aliphatic heterocycles. The van der Waals surface area contributed by atoms with E-state index in [2.05, 4.69) is 59.0 Å². The van der Waals surface area contributed by atoms with Crippen LogP contribution in [0.25, 0.3) is 5.57 Å². The summed E-state index contributed by atoms with van der Waals surface area (Å²) in [7, 11) is 0. The van der Waals surface area contributed by atoms with Gasteiger partial charge in [0.15, 0.2) is 0 Å². The Bertz CT molecular complexity index is 1200. The molecule has 3 nitrogen and oxygen atoms in total. The van der Waals surface area contributed by atoms with Gasteiger partial charge in [-0.3, -0.25) is 9.59 Å². The van der Waals surface area contributed by atoms with Gasteiger partial charge in [-0.2, -0.15) is 0 Å². The van der Waals surface area contributed by atoms with E-state index in [9.17, 15) is 9.59 Å². The molecule has 0 N–H and O–H groups in total. The molecule has 1 saturated heterocycles. The lowest BCUT2D eigenvalue weighted by molar-refractivity contribution is -0.122. The molecule has 0 unspecified atom stereocenters. The predicted molar refractivity (Wildman–Crippen MR) is 134 cm³/mol. The van der Waals surface area contributed by atoms with E-state index in [1.54, 1.807) is 0 Å². The van der Waals surface area contributed by atoms with Crippen LogP contribution < -0.4 is 4.90 Å². The Hall–Kier alpha value is -2.99. The van der Waals surface area contributed by atoms with E-state index in [4.69, 9.17) is 0 Å². The van der Waals surface area contributed by atoms with Crippen molar-refractivity contribution in [1.82, 2.24) is 0 Å². The normalized spacial score (nSPS) is 25.5. The quantitative estimate of drug-likeness (QED) is 0.248. The molecule has 4 heteroatoms. The Kier molecular flexibility index (Phi) is 4.65. The summed E-state index contributed by atoms with van der Waals surface area (Å²) in [6.45, 7) is 0. The van der Waals surface area contributed by atoms with Gasteiger partial charge in [0.1, 0.15) is 0 Å². The van der Waals surface area contributed by atoms with Crippen LogP contribution in [0.2, 0.25) is 0 Å². The summed E-state index contributed by atoms with van der Waals surface area (Å²) in [5.74, 6) is -0.896. The van der Waals surface area contributed by atoms with Gasteiger partial charge in [0.2, 0.25) is 11.8 Å². The highest BCUT2D eigenvalue weighted by atomic mass is 127. The molecule has 3 aromatic carbocycles. The zero-order valence-corrected chi connectivity index (χ0v) is 19.3. The monoisotopic (exact) mass is 529 g/mol. The third-order valence-electron chi connectivity index (χ3n) is 6.91. The number of hydrogen-bond acceptors (Lipinski definition) is 2. The Morgan fingerprint density at radius 1 is 0.656 bits per heavy atom. The van der Waals surface area contributed by atoms with Gasteiger partial charge >= 0.3 is 0 Å². The highest BCUT2D eigenvalue weighted by Crippen LogP contribution is 2.58. The van der Waals surface area contributed by atoms with Gasteiger partial charge in [-0.25, -0.2) is 4.90 Å². The number of nitrogens with zero attached hydrogens (tertiary/aromatic N) is 1. The van der Waals surface area contributed by atoms with Crippen molar-refractivity contribution in [1.29, 1.82) is 0 Å². The SMILES string of the molecule is O=C1[C@@H]2[C@H](C(=O)N1c1ccc(I)cc1)[C@@H]1C=C[C@H]2C1=C(c1ccccc1)c1ccccc1. The molecule has 32 heavy (non-hydrogen) atoms. The number of carbonyl (C=O) groups is 2. The smallest absolute Gasteiger partial charge is 0.238 e. The minimum absolute atomic E-state index is 0.0503. The number of benzene rings is 3. The standard InChI is InChI=1S/C28H20INO2/c29-19-11-13-20(14-12-19)30-27(31)25-21-15-16-22(26(25)28(30)32)24(21)23(17-7-3-1-4-8-17)18-9-5-2-6-10-18/h1-16,21-22,25-26H/t21-,22+,25-,26+. The van der Waals surface area contributed by atoms with Gasteiger partial charge in [-0.05, 0) is 69.1 Å². The van der Waals surface area contributed by atoms with Crippen LogP contribution >= 0.6 is 22.6 Å². The van der Waals surface area contributed by atoms with Gasteiger partial charge in [-0.1, -0.05) is 72.8 Å². The summed E-state index contributed by atoms with van der Waals surface area (Å²) in [4.78, 5) is 28.5. The highest BCUT2D eigenvalue weighted by molar-refractivity contribution is 14.1. The van der Waals surface area contributed by atoms with Crippen molar-refractivity contribution in [3.8, 4) is 0 Å². The summed E-state index contributed by atoms with van der Waals surface area (Å²) < 4.78 is 1.08. The first-order chi connectivity index (χ1) is 15.6. The van der Waals surface area contributed by atoms with Crippen molar-refractivity contribution in [2.24, 2.45) is 23.7 Å². The summed E-state index contributed by atoms with van der Waals surface area (Å²) >= 11 is 2.23. The molecule has 2 aliphatic carbocycles. The zero-order valence-electron chi connectivity index (χ0n) is 17.2. The summed E-state index contributed by atoms with van der Waals surface area (Å²) in [6, 6.07) is 28.3.